The molecule has 0 spiro atoms. The number of ether oxygens (including phenoxy) is 2. The standard InChI is InChI=1S/C10H20N2O3/c1-11-10(3-6-15-7-4-10)9(13)12-5-8-14-2/h11H,3-8H2,1-2H3,(H,12,13). The van der Waals surface area contributed by atoms with Gasteiger partial charge in [-0.25, -0.2) is 0 Å². The Bertz CT molecular complexity index is 203. The van der Waals surface area contributed by atoms with Crippen molar-refractivity contribution in [2.24, 2.45) is 0 Å². The molecule has 0 aromatic rings. The molecule has 0 radical (unpaired) electrons. The van der Waals surface area contributed by atoms with Crippen LogP contribution in [0.1, 0.15) is 12.8 Å². The van der Waals surface area contributed by atoms with Crippen LogP contribution in [0.5, 0.6) is 0 Å². The molecular weight excluding hydrogens is 196 g/mol. The average Bonchev–Trinajstić information content (AvgIpc) is 2.30. The molecule has 1 heterocycles. The number of nitrogens with one attached hydrogen (secondary N) is 2. The number of carbonyl (C=O) groups excluding carboxylic acids is 1. The average molecular weight is 216 g/mol. The molecule has 5 heteroatoms. The minimum atomic E-state index is -0.452. The highest BCUT2D eigenvalue weighted by Gasteiger charge is 2.38. The first kappa shape index (κ1) is 12.4. The van der Waals surface area contributed by atoms with E-state index in [4.69, 9.17) is 9.47 Å². The van der Waals surface area contributed by atoms with Crippen molar-refractivity contribution in [2.75, 3.05) is 40.5 Å². The van der Waals surface area contributed by atoms with Crippen molar-refractivity contribution in [3.8, 4) is 0 Å². The topological polar surface area (TPSA) is 59.6 Å². The van der Waals surface area contributed by atoms with Gasteiger partial charge in [-0.15, -0.1) is 0 Å². The van der Waals surface area contributed by atoms with E-state index in [1.165, 1.54) is 0 Å². The maximum absolute atomic E-state index is 11.9. The highest BCUT2D eigenvalue weighted by molar-refractivity contribution is 5.86. The van der Waals surface area contributed by atoms with E-state index in [2.05, 4.69) is 10.6 Å². The van der Waals surface area contributed by atoms with E-state index in [-0.39, 0.29) is 5.91 Å². The minimum absolute atomic E-state index is 0.0466. The predicted molar refractivity (Wildman–Crippen MR) is 56.7 cm³/mol. The summed E-state index contributed by atoms with van der Waals surface area (Å²) in [6.45, 7) is 2.37. The fourth-order valence-corrected chi connectivity index (χ4v) is 1.75. The van der Waals surface area contributed by atoms with E-state index in [9.17, 15) is 4.79 Å². The molecule has 2 N–H and O–H groups in total. The summed E-state index contributed by atoms with van der Waals surface area (Å²) >= 11 is 0. The normalized spacial score (nSPS) is 19.9. The first-order valence-electron chi connectivity index (χ1n) is 5.29. The monoisotopic (exact) mass is 216 g/mol. The van der Waals surface area contributed by atoms with Gasteiger partial charge in [0.25, 0.3) is 0 Å². The Balaban J connectivity index is 2.45. The molecule has 88 valence electrons. The van der Waals surface area contributed by atoms with Crippen molar-refractivity contribution in [1.29, 1.82) is 0 Å². The number of hydrogen-bond acceptors (Lipinski definition) is 4. The van der Waals surface area contributed by atoms with Crippen LogP contribution in [0.2, 0.25) is 0 Å². The number of rotatable bonds is 5. The fraction of sp³-hybridized carbons (Fsp3) is 0.900. The summed E-state index contributed by atoms with van der Waals surface area (Å²) in [5.41, 5.74) is -0.452. The molecule has 0 atom stereocenters. The smallest absolute Gasteiger partial charge is 0.240 e. The number of amides is 1. The van der Waals surface area contributed by atoms with Crippen LogP contribution >= 0.6 is 0 Å². The molecular formula is C10H20N2O3. The summed E-state index contributed by atoms with van der Waals surface area (Å²) in [6.07, 6.45) is 1.45. The van der Waals surface area contributed by atoms with Gasteiger partial charge in [0.1, 0.15) is 5.54 Å². The summed E-state index contributed by atoms with van der Waals surface area (Å²) in [5, 5.41) is 5.97. The number of methoxy groups -OCH3 is 1. The van der Waals surface area contributed by atoms with E-state index in [0.29, 0.717) is 26.4 Å². The van der Waals surface area contributed by atoms with E-state index < -0.39 is 5.54 Å². The summed E-state index contributed by atoms with van der Waals surface area (Å²) in [4.78, 5) is 11.9. The number of likely N-dealkylation sites (N-methyl/N-ethyl adjacent to an activating group) is 1. The third kappa shape index (κ3) is 3.15. The summed E-state index contributed by atoms with van der Waals surface area (Å²) in [7, 11) is 3.44. The lowest BCUT2D eigenvalue weighted by atomic mass is 9.89. The van der Waals surface area contributed by atoms with Crippen molar-refractivity contribution < 1.29 is 14.3 Å². The Kier molecular flexibility index (Phi) is 5.01. The second kappa shape index (κ2) is 6.05. The van der Waals surface area contributed by atoms with Gasteiger partial charge in [-0.05, 0) is 19.9 Å². The van der Waals surface area contributed by atoms with Crippen LogP contribution in [0.25, 0.3) is 0 Å². The van der Waals surface area contributed by atoms with Crippen LogP contribution in [-0.4, -0.2) is 52.0 Å². The summed E-state index contributed by atoms with van der Waals surface area (Å²) in [5.74, 6) is 0.0466. The highest BCUT2D eigenvalue weighted by atomic mass is 16.5. The minimum Gasteiger partial charge on any atom is -0.383 e. The van der Waals surface area contributed by atoms with E-state index in [1.807, 2.05) is 7.05 Å². The van der Waals surface area contributed by atoms with Gasteiger partial charge in [0.15, 0.2) is 0 Å². The van der Waals surface area contributed by atoms with Gasteiger partial charge >= 0.3 is 0 Å². The van der Waals surface area contributed by atoms with Gasteiger partial charge in [-0.1, -0.05) is 0 Å². The third-order valence-electron chi connectivity index (χ3n) is 2.85. The van der Waals surface area contributed by atoms with Crippen LogP contribution in [0, 0.1) is 0 Å². The number of hydrogen-bond donors (Lipinski definition) is 2. The molecule has 0 aromatic heterocycles. The second-order valence-electron chi connectivity index (χ2n) is 3.69. The Morgan fingerprint density at radius 2 is 2.13 bits per heavy atom. The van der Waals surface area contributed by atoms with Crippen molar-refractivity contribution >= 4 is 5.91 Å². The highest BCUT2D eigenvalue weighted by Crippen LogP contribution is 2.20. The maximum Gasteiger partial charge on any atom is 0.240 e. The Labute approximate surface area is 90.5 Å². The molecule has 5 nitrogen and oxygen atoms in total. The Morgan fingerprint density at radius 1 is 1.47 bits per heavy atom. The summed E-state index contributed by atoms with van der Waals surface area (Å²) in [6, 6.07) is 0. The Morgan fingerprint density at radius 3 is 2.67 bits per heavy atom. The molecule has 1 saturated heterocycles. The predicted octanol–water partition coefficient (Wildman–Crippen LogP) is -0.482. The molecule has 1 aliphatic rings. The lowest BCUT2D eigenvalue weighted by molar-refractivity contribution is -0.131. The molecule has 15 heavy (non-hydrogen) atoms. The molecule has 0 aromatic carbocycles. The van der Waals surface area contributed by atoms with E-state index >= 15 is 0 Å². The quantitative estimate of drug-likeness (QED) is 0.609. The molecule has 0 saturated carbocycles. The Hall–Kier alpha value is -0.650. The van der Waals surface area contributed by atoms with Crippen molar-refractivity contribution in [3.05, 3.63) is 0 Å². The van der Waals surface area contributed by atoms with Crippen LogP contribution in [0.15, 0.2) is 0 Å². The molecule has 1 amide bonds. The molecule has 0 bridgehead atoms. The molecule has 0 aliphatic carbocycles. The SMILES string of the molecule is CNC1(C(=O)NCCOC)CCOCC1. The molecule has 1 fully saturated rings. The van der Waals surface area contributed by atoms with Crippen molar-refractivity contribution in [3.63, 3.8) is 0 Å². The molecule has 1 rings (SSSR count). The lowest BCUT2D eigenvalue weighted by Gasteiger charge is -2.35. The van der Waals surface area contributed by atoms with Gasteiger partial charge in [-0.2, -0.15) is 0 Å². The van der Waals surface area contributed by atoms with Gasteiger partial charge in [0.05, 0.1) is 6.61 Å². The zero-order valence-corrected chi connectivity index (χ0v) is 9.47. The van der Waals surface area contributed by atoms with Crippen molar-refractivity contribution in [1.82, 2.24) is 10.6 Å². The summed E-state index contributed by atoms with van der Waals surface area (Å²) < 4.78 is 10.1. The number of carbonyl (C=O) groups is 1. The van der Waals surface area contributed by atoms with Crippen LogP contribution in [-0.2, 0) is 14.3 Å². The third-order valence-corrected chi connectivity index (χ3v) is 2.85. The van der Waals surface area contributed by atoms with Crippen molar-refractivity contribution in [2.45, 2.75) is 18.4 Å². The van der Waals surface area contributed by atoms with Crippen LogP contribution in [0.3, 0.4) is 0 Å². The van der Waals surface area contributed by atoms with E-state index in [0.717, 1.165) is 12.8 Å². The first-order chi connectivity index (χ1) is 7.25. The van der Waals surface area contributed by atoms with Gasteiger partial charge in [-0.3, -0.25) is 4.79 Å². The van der Waals surface area contributed by atoms with Crippen LogP contribution < -0.4 is 10.6 Å². The van der Waals surface area contributed by atoms with Gasteiger partial charge in [0, 0.05) is 26.9 Å². The zero-order chi connectivity index (χ0) is 11.1. The maximum atomic E-state index is 11.9. The molecule has 1 aliphatic heterocycles. The largest absolute Gasteiger partial charge is 0.383 e. The fourth-order valence-electron chi connectivity index (χ4n) is 1.75. The first-order valence-corrected chi connectivity index (χ1v) is 5.29. The van der Waals surface area contributed by atoms with Gasteiger partial charge in [0.2, 0.25) is 5.91 Å². The lowest BCUT2D eigenvalue weighted by Crippen LogP contribution is -2.58. The zero-order valence-electron chi connectivity index (χ0n) is 9.47. The molecule has 0 unspecified atom stereocenters. The van der Waals surface area contributed by atoms with Gasteiger partial charge < -0.3 is 20.1 Å². The van der Waals surface area contributed by atoms with E-state index in [1.54, 1.807) is 7.11 Å². The van der Waals surface area contributed by atoms with Crippen LogP contribution in [0.4, 0.5) is 0 Å². The second-order valence-corrected chi connectivity index (χ2v) is 3.69.